The van der Waals surface area contributed by atoms with E-state index >= 15 is 0 Å². The van der Waals surface area contributed by atoms with Crippen LogP contribution in [-0.4, -0.2) is 13.2 Å². The molecule has 0 N–H and O–H groups in total. The third-order valence-electron chi connectivity index (χ3n) is 2.58. The molecular weight excluding hydrogens is 252 g/mol. The van der Waals surface area contributed by atoms with E-state index in [4.69, 9.17) is 20.0 Å². The Hall–Kier alpha value is -2.98. The van der Waals surface area contributed by atoms with Gasteiger partial charge in [-0.2, -0.15) is 10.5 Å². The van der Waals surface area contributed by atoms with Crippen LogP contribution in [0.5, 0.6) is 11.5 Å². The maximum absolute atomic E-state index is 8.92. The Labute approximate surface area is 117 Å². The lowest BCUT2D eigenvalue weighted by Gasteiger charge is -2.09. The third-order valence-corrected chi connectivity index (χ3v) is 2.58. The van der Waals surface area contributed by atoms with Crippen LogP contribution in [0.3, 0.4) is 0 Å². The zero-order valence-electron chi connectivity index (χ0n) is 10.7. The molecule has 0 saturated heterocycles. The number of rotatable bonds is 5. The molecule has 0 aliphatic carbocycles. The minimum atomic E-state index is 0.329. The number of para-hydroxylation sites is 1. The van der Waals surface area contributed by atoms with Gasteiger partial charge in [-0.15, -0.1) is 0 Å². The van der Waals surface area contributed by atoms with Gasteiger partial charge in [0, 0.05) is 0 Å². The third kappa shape index (κ3) is 3.51. The van der Waals surface area contributed by atoms with Gasteiger partial charge in [0.1, 0.15) is 30.8 Å². The minimum Gasteiger partial charge on any atom is -0.490 e. The van der Waals surface area contributed by atoms with Crippen molar-refractivity contribution in [3.8, 4) is 23.6 Å². The second-order valence-electron chi connectivity index (χ2n) is 3.94. The van der Waals surface area contributed by atoms with Crippen LogP contribution in [0.2, 0.25) is 0 Å². The van der Waals surface area contributed by atoms with E-state index in [0.29, 0.717) is 35.8 Å². The van der Waals surface area contributed by atoms with Crippen molar-refractivity contribution < 1.29 is 9.47 Å². The molecule has 0 fully saturated rings. The van der Waals surface area contributed by atoms with Gasteiger partial charge < -0.3 is 9.47 Å². The van der Waals surface area contributed by atoms with Crippen molar-refractivity contribution in [1.82, 2.24) is 0 Å². The SMILES string of the molecule is N#Cc1cccc(OCCOc2ccccc2C#N)c1. The molecule has 0 saturated carbocycles. The fourth-order valence-electron chi connectivity index (χ4n) is 1.65. The smallest absolute Gasteiger partial charge is 0.137 e. The first kappa shape index (κ1) is 13.5. The first-order valence-corrected chi connectivity index (χ1v) is 6.08. The summed E-state index contributed by atoms with van der Waals surface area (Å²) in [5.74, 6) is 1.17. The van der Waals surface area contributed by atoms with Crippen LogP contribution in [-0.2, 0) is 0 Å². The summed E-state index contributed by atoms with van der Waals surface area (Å²) in [7, 11) is 0. The average molecular weight is 264 g/mol. The lowest BCUT2D eigenvalue weighted by atomic mass is 10.2. The number of hydrogen-bond donors (Lipinski definition) is 0. The van der Waals surface area contributed by atoms with Crippen molar-refractivity contribution >= 4 is 0 Å². The molecule has 0 aliphatic heterocycles. The topological polar surface area (TPSA) is 66.0 Å². The van der Waals surface area contributed by atoms with E-state index in [1.165, 1.54) is 0 Å². The second-order valence-corrected chi connectivity index (χ2v) is 3.94. The summed E-state index contributed by atoms with van der Waals surface area (Å²) in [6, 6.07) is 18.1. The zero-order chi connectivity index (χ0) is 14.2. The number of hydrogen-bond acceptors (Lipinski definition) is 4. The highest BCUT2D eigenvalue weighted by Crippen LogP contribution is 2.16. The molecule has 4 nitrogen and oxygen atoms in total. The molecule has 2 rings (SSSR count). The summed E-state index contributed by atoms with van der Waals surface area (Å²) < 4.78 is 11.0. The second kappa shape index (κ2) is 6.82. The molecule has 0 radical (unpaired) electrons. The Morgan fingerprint density at radius 1 is 0.850 bits per heavy atom. The van der Waals surface area contributed by atoms with Crippen molar-refractivity contribution in [1.29, 1.82) is 10.5 Å². The van der Waals surface area contributed by atoms with Crippen molar-refractivity contribution in [3.05, 3.63) is 59.7 Å². The normalized spacial score (nSPS) is 9.30. The Morgan fingerprint density at radius 3 is 2.45 bits per heavy atom. The Bertz CT molecular complexity index is 669. The minimum absolute atomic E-state index is 0.329. The lowest BCUT2D eigenvalue weighted by molar-refractivity contribution is 0.217. The van der Waals surface area contributed by atoms with Crippen LogP contribution in [0, 0.1) is 22.7 Å². The van der Waals surface area contributed by atoms with Crippen LogP contribution in [0.4, 0.5) is 0 Å². The number of nitriles is 2. The standard InChI is InChI=1S/C16H12N2O2/c17-11-13-4-3-6-15(10-13)19-8-9-20-16-7-2-1-5-14(16)12-18/h1-7,10H,8-9H2. The molecule has 2 aromatic rings. The maximum atomic E-state index is 8.92. The largest absolute Gasteiger partial charge is 0.490 e. The van der Waals surface area contributed by atoms with Crippen LogP contribution < -0.4 is 9.47 Å². The fraction of sp³-hybridized carbons (Fsp3) is 0.125. The van der Waals surface area contributed by atoms with Crippen molar-refractivity contribution in [2.24, 2.45) is 0 Å². The maximum Gasteiger partial charge on any atom is 0.137 e. The molecular formula is C16H12N2O2. The average Bonchev–Trinajstić information content (AvgIpc) is 2.52. The van der Waals surface area contributed by atoms with E-state index in [1.54, 1.807) is 42.5 Å². The zero-order valence-corrected chi connectivity index (χ0v) is 10.7. The van der Waals surface area contributed by atoms with Gasteiger partial charge in [0.2, 0.25) is 0 Å². The fourth-order valence-corrected chi connectivity index (χ4v) is 1.65. The molecule has 0 aliphatic rings. The van der Waals surface area contributed by atoms with Crippen LogP contribution in [0.25, 0.3) is 0 Å². The molecule has 0 heterocycles. The highest BCUT2D eigenvalue weighted by molar-refractivity contribution is 5.42. The van der Waals surface area contributed by atoms with Gasteiger partial charge in [-0.3, -0.25) is 0 Å². The Balaban J connectivity index is 1.85. The van der Waals surface area contributed by atoms with Crippen molar-refractivity contribution in [2.75, 3.05) is 13.2 Å². The number of ether oxygens (including phenoxy) is 2. The molecule has 0 bridgehead atoms. The van der Waals surface area contributed by atoms with E-state index in [2.05, 4.69) is 12.1 Å². The highest BCUT2D eigenvalue weighted by atomic mass is 16.5. The van der Waals surface area contributed by atoms with Crippen LogP contribution in [0.1, 0.15) is 11.1 Å². The summed E-state index contributed by atoms with van der Waals surface area (Å²) in [6.07, 6.45) is 0. The summed E-state index contributed by atoms with van der Waals surface area (Å²) in [6.45, 7) is 0.671. The van der Waals surface area contributed by atoms with Gasteiger partial charge in [0.15, 0.2) is 0 Å². The van der Waals surface area contributed by atoms with Gasteiger partial charge in [-0.1, -0.05) is 18.2 Å². The van der Waals surface area contributed by atoms with Gasteiger partial charge in [0.05, 0.1) is 17.2 Å². The van der Waals surface area contributed by atoms with Gasteiger partial charge in [0.25, 0.3) is 0 Å². The quantitative estimate of drug-likeness (QED) is 0.779. The molecule has 2 aromatic carbocycles. The van der Waals surface area contributed by atoms with E-state index in [0.717, 1.165) is 0 Å². The van der Waals surface area contributed by atoms with Crippen LogP contribution >= 0.6 is 0 Å². The predicted octanol–water partition coefficient (Wildman–Crippen LogP) is 2.89. The molecule has 0 aromatic heterocycles. The Kier molecular flexibility index (Phi) is 4.59. The summed E-state index contributed by atoms with van der Waals surface area (Å²) in [5.41, 5.74) is 1.05. The summed E-state index contributed by atoms with van der Waals surface area (Å²) in [4.78, 5) is 0. The molecule has 0 spiro atoms. The molecule has 0 atom stereocenters. The molecule has 98 valence electrons. The van der Waals surface area contributed by atoms with Gasteiger partial charge in [-0.05, 0) is 30.3 Å². The summed E-state index contributed by atoms with van der Waals surface area (Å²) >= 11 is 0. The molecule has 0 amide bonds. The van der Waals surface area contributed by atoms with Crippen molar-refractivity contribution in [3.63, 3.8) is 0 Å². The molecule has 4 heteroatoms. The Morgan fingerprint density at radius 2 is 1.65 bits per heavy atom. The first-order valence-electron chi connectivity index (χ1n) is 6.08. The van der Waals surface area contributed by atoms with Gasteiger partial charge >= 0.3 is 0 Å². The van der Waals surface area contributed by atoms with Crippen LogP contribution in [0.15, 0.2) is 48.5 Å². The van der Waals surface area contributed by atoms with Gasteiger partial charge in [-0.25, -0.2) is 0 Å². The monoisotopic (exact) mass is 264 g/mol. The summed E-state index contributed by atoms with van der Waals surface area (Å²) in [5, 5.41) is 17.7. The highest BCUT2D eigenvalue weighted by Gasteiger charge is 2.01. The molecule has 0 unspecified atom stereocenters. The first-order chi connectivity index (χ1) is 9.83. The molecule has 20 heavy (non-hydrogen) atoms. The van der Waals surface area contributed by atoms with E-state index in [1.807, 2.05) is 6.07 Å². The number of nitrogens with zero attached hydrogens (tertiary/aromatic N) is 2. The van der Waals surface area contributed by atoms with E-state index < -0.39 is 0 Å². The van der Waals surface area contributed by atoms with E-state index in [-0.39, 0.29) is 0 Å². The number of benzene rings is 2. The van der Waals surface area contributed by atoms with E-state index in [9.17, 15) is 0 Å². The van der Waals surface area contributed by atoms with Crippen molar-refractivity contribution in [2.45, 2.75) is 0 Å². The lowest BCUT2D eigenvalue weighted by Crippen LogP contribution is -2.09. The predicted molar refractivity (Wildman–Crippen MR) is 73.3 cm³/mol.